The third-order valence-corrected chi connectivity index (χ3v) is 6.34. The van der Waals surface area contributed by atoms with E-state index in [1.54, 1.807) is 0 Å². The van der Waals surface area contributed by atoms with Crippen LogP contribution in [0.1, 0.15) is 23.2 Å². The van der Waals surface area contributed by atoms with Crippen molar-refractivity contribution in [3.05, 3.63) is 59.9 Å². The van der Waals surface area contributed by atoms with Crippen LogP contribution in [-0.2, 0) is 0 Å². The maximum atomic E-state index is 13.2. The lowest BCUT2D eigenvalue weighted by Crippen LogP contribution is -2.55. The summed E-state index contributed by atoms with van der Waals surface area (Å²) in [5.41, 5.74) is 2.95. The minimum atomic E-state index is -0.194. The van der Waals surface area contributed by atoms with Crippen molar-refractivity contribution in [2.75, 3.05) is 63.2 Å². The molecule has 0 saturated carbocycles. The normalized spacial score (nSPS) is 20.3. The summed E-state index contributed by atoms with van der Waals surface area (Å²) in [5, 5.41) is 0. The Morgan fingerprint density at radius 3 is 2.23 bits per heavy atom. The van der Waals surface area contributed by atoms with Crippen LogP contribution in [0.2, 0.25) is 0 Å². The molecule has 2 aromatic carbocycles. The van der Waals surface area contributed by atoms with Crippen molar-refractivity contribution in [2.45, 2.75) is 18.9 Å². The number of halogens is 1. The summed E-state index contributed by atoms with van der Waals surface area (Å²) >= 11 is 0. The van der Waals surface area contributed by atoms with Crippen molar-refractivity contribution in [3.8, 4) is 0 Å². The lowest BCUT2D eigenvalue weighted by atomic mass is 10.0. The van der Waals surface area contributed by atoms with Gasteiger partial charge in [0, 0.05) is 76.3 Å². The van der Waals surface area contributed by atoms with Gasteiger partial charge in [-0.05, 0) is 61.4 Å². The highest BCUT2D eigenvalue weighted by Gasteiger charge is 2.30. The fourth-order valence-corrected chi connectivity index (χ4v) is 4.52. The van der Waals surface area contributed by atoms with Crippen LogP contribution in [0.4, 0.5) is 15.8 Å². The Morgan fingerprint density at radius 1 is 0.933 bits per heavy atom. The average molecular weight is 411 g/mol. The van der Waals surface area contributed by atoms with E-state index in [1.165, 1.54) is 12.1 Å². The SMILES string of the molecule is CN(C)c1ccc(C(=O)N2CCC[C@@H](N3CCN(c4ccc(F)cc4)CC3)C2)cc1. The number of carbonyl (C=O) groups excluding carboxylic acids is 1. The molecule has 2 fully saturated rings. The highest BCUT2D eigenvalue weighted by molar-refractivity contribution is 5.94. The number of amides is 1. The molecule has 0 N–H and O–H groups in total. The summed E-state index contributed by atoms with van der Waals surface area (Å²) < 4.78 is 13.2. The number of anilines is 2. The van der Waals surface area contributed by atoms with Gasteiger partial charge in [0.2, 0.25) is 0 Å². The predicted octanol–water partition coefficient (Wildman–Crippen LogP) is 3.32. The van der Waals surface area contributed by atoms with Crippen LogP contribution in [0.5, 0.6) is 0 Å². The fraction of sp³-hybridized carbons (Fsp3) is 0.458. The Balaban J connectivity index is 1.34. The minimum absolute atomic E-state index is 0.134. The van der Waals surface area contributed by atoms with Crippen LogP contribution in [0.3, 0.4) is 0 Å². The van der Waals surface area contributed by atoms with Crippen molar-refractivity contribution in [2.24, 2.45) is 0 Å². The number of carbonyl (C=O) groups is 1. The Bertz CT molecular complexity index is 845. The first-order chi connectivity index (χ1) is 14.5. The van der Waals surface area contributed by atoms with Crippen molar-refractivity contribution < 1.29 is 9.18 Å². The number of piperidine rings is 1. The topological polar surface area (TPSA) is 30.0 Å². The smallest absolute Gasteiger partial charge is 0.253 e. The van der Waals surface area contributed by atoms with Crippen LogP contribution in [0.15, 0.2) is 48.5 Å². The number of rotatable bonds is 4. The molecule has 2 aromatic rings. The molecule has 0 radical (unpaired) electrons. The van der Waals surface area contributed by atoms with E-state index in [0.717, 1.165) is 69.0 Å². The van der Waals surface area contributed by atoms with Gasteiger partial charge in [0.15, 0.2) is 0 Å². The van der Waals surface area contributed by atoms with E-state index < -0.39 is 0 Å². The summed E-state index contributed by atoms with van der Waals surface area (Å²) in [5.74, 6) is -0.0596. The Morgan fingerprint density at radius 2 is 1.60 bits per heavy atom. The molecule has 2 heterocycles. The first-order valence-electron chi connectivity index (χ1n) is 10.8. The van der Waals surface area contributed by atoms with Gasteiger partial charge < -0.3 is 14.7 Å². The van der Waals surface area contributed by atoms with Gasteiger partial charge in [0.05, 0.1) is 0 Å². The first-order valence-corrected chi connectivity index (χ1v) is 10.8. The molecule has 2 aliphatic heterocycles. The summed E-state index contributed by atoms with van der Waals surface area (Å²) in [6.07, 6.45) is 2.18. The number of benzene rings is 2. The number of hydrogen-bond donors (Lipinski definition) is 0. The largest absolute Gasteiger partial charge is 0.378 e. The van der Waals surface area contributed by atoms with Crippen molar-refractivity contribution in [1.82, 2.24) is 9.80 Å². The monoisotopic (exact) mass is 410 g/mol. The second-order valence-corrected chi connectivity index (χ2v) is 8.49. The fourth-order valence-electron chi connectivity index (χ4n) is 4.52. The van der Waals surface area contributed by atoms with Gasteiger partial charge in [-0.15, -0.1) is 0 Å². The van der Waals surface area contributed by atoms with Gasteiger partial charge in [0.25, 0.3) is 5.91 Å². The molecular weight excluding hydrogens is 379 g/mol. The second kappa shape index (κ2) is 9.04. The molecule has 1 amide bonds. The maximum Gasteiger partial charge on any atom is 0.253 e. The van der Waals surface area contributed by atoms with Crippen molar-refractivity contribution >= 4 is 17.3 Å². The van der Waals surface area contributed by atoms with E-state index in [4.69, 9.17) is 0 Å². The summed E-state index contributed by atoms with van der Waals surface area (Å²) in [4.78, 5) is 21.9. The van der Waals surface area contributed by atoms with Crippen LogP contribution in [-0.4, -0.2) is 75.1 Å². The van der Waals surface area contributed by atoms with Gasteiger partial charge in [-0.3, -0.25) is 9.69 Å². The molecule has 160 valence electrons. The molecular formula is C24H31FN4O. The summed E-state index contributed by atoms with van der Waals surface area (Å²) in [6, 6.07) is 15.0. The molecule has 0 aliphatic carbocycles. The van der Waals surface area contributed by atoms with E-state index in [0.29, 0.717) is 6.04 Å². The van der Waals surface area contributed by atoms with Gasteiger partial charge in [-0.25, -0.2) is 4.39 Å². The molecule has 0 spiro atoms. The molecule has 0 aromatic heterocycles. The molecule has 1 atom stereocenters. The van der Waals surface area contributed by atoms with Gasteiger partial charge in [0.1, 0.15) is 5.82 Å². The highest BCUT2D eigenvalue weighted by atomic mass is 19.1. The Kier molecular flexibility index (Phi) is 6.23. The molecule has 4 rings (SSSR count). The summed E-state index contributed by atoms with van der Waals surface area (Å²) in [7, 11) is 4.00. The summed E-state index contributed by atoms with van der Waals surface area (Å²) in [6.45, 7) is 5.44. The highest BCUT2D eigenvalue weighted by Crippen LogP contribution is 2.23. The number of nitrogens with zero attached hydrogens (tertiary/aromatic N) is 4. The molecule has 30 heavy (non-hydrogen) atoms. The van der Waals surface area contributed by atoms with E-state index >= 15 is 0 Å². The third kappa shape index (κ3) is 4.59. The number of hydrogen-bond acceptors (Lipinski definition) is 4. The van der Waals surface area contributed by atoms with Gasteiger partial charge in [-0.1, -0.05) is 0 Å². The van der Waals surface area contributed by atoms with E-state index in [2.05, 4.69) is 9.80 Å². The molecule has 2 saturated heterocycles. The van der Waals surface area contributed by atoms with Gasteiger partial charge >= 0.3 is 0 Å². The van der Waals surface area contributed by atoms with Crippen LogP contribution in [0, 0.1) is 5.82 Å². The van der Waals surface area contributed by atoms with Crippen LogP contribution in [0.25, 0.3) is 0 Å². The molecule has 2 aliphatic rings. The number of piperazine rings is 1. The third-order valence-electron chi connectivity index (χ3n) is 6.34. The Hall–Kier alpha value is -2.60. The average Bonchev–Trinajstić information content (AvgIpc) is 2.79. The van der Waals surface area contributed by atoms with Crippen molar-refractivity contribution in [1.29, 1.82) is 0 Å². The lowest BCUT2D eigenvalue weighted by molar-refractivity contribution is 0.0563. The zero-order valence-electron chi connectivity index (χ0n) is 17.9. The van der Waals surface area contributed by atoms with E-state index in [-0.39, 0.29) is 11.7 Å². The van der Waals surface area contributed by atoms with Crippen LogP contribution >= 0.6 is 0 Å². The van der Waals surface area contributed by atoms with E-state index in [1.807, 2.05) is 60.3 Å². The first kappa shape index (κ1) is 20.7. The van der Waals surface area contributed by atoms with Crippen molar-refractivity contribution in [3.63, 3.8) is 0 Å². The zero-order chi connectivity index (χ0) is 21.1. The Labute approximate surface area is 178 Å². The second-order valence-electron chi connectivity index (χ2n) is 8.49. The van der Waals surface area contributed by atoms with E-state index in [9.17, 15) is 9.18 Å². The molecule has 6 heteroatoms. The van der Waals surface area contributed by atoms with Gasteiger partial charge in [-0.2, -0.15) is 0 Å². The molecule has 5 nitrogen and oxygen atoms in total. The molecule has 0 bridgehead atoms. The maximum absolute atomic E-state index is 13.2. The lowest BCUT2D eigenvalue weighted by Gasteiger charge is -2.44. The standard InChI is InChI=1S/C24H31FN4O/c1-26(2)21-9-5-19(6-10-21)24(30)29-13-3-4-23(18-29)28-16-14-27(15-17-28)22-11-7-20(25)8-12-22/h5-12,23H,3-4,13-18H2,1-2H3/t23-/m1/s1. The van der Waals surface area contributed by atoms with Crippen LogP contribution < -0.4 is 9.80 Å². The molecule has 0 unspecified atom stereocenters. The predicted molar refractivity (Wildman–Crippen MR) is 120 cm³/mol. The zero-order valence-corrected chi connectivity index (χ0v) is 17.9. The number of likely N-dealkylation sites (tertiary alicyclic amines) is 1. The minimum Gasteiger partial charge on any atom is -0.378 e. The quantitative estimate of drug-likeness (QED) is 0.774.